The lowest BCUT2D eigenvalue weighted by Crippen LogP contribution is -2.30. The van der Waals surface area contributed by atoms with Crippen LogP contribution >= 0.6 is 0 Å². The second kappa shape index (κ2) is 6.44. The summed E-state index contributed by atoms with van der Waals surface area (Å²) in [6, 6.07) is 1.46. The molecule has 0 radical (unpaired) electrons. The van der Waals surface area contributed by atoms with Gasteiger partial charge in [0.25, 0.3) is 0 Å². The Labute approximate surface area is 145 Å². The summed E-state index contributed by atoms with van der Waals surface area (Å²) in [5.74, 6) is -0.0433. The highest BCUT2D eigenvalue weighted by Gasteiger charge is 2.44. The standard InChI is InChI=1S/C17H17F6NO2/c1-9-2-13-6-14(7-24(13)15(9)25)26-8-10-3-11(16(18,19)20)5-12(4-10)17(21,22)23/h3-5,9,13-14H,2,6-8H2,1H3. The molecule has 2 fully saturated rings. The number of carbonyl (C=O) groups is 1. The third-order valence-corrected chi connectivity index (χ3v) is 4.84. The van der Waals surface area contributed by atoms with E-state index < -0.39 is 23.5 Å². The summed E-state index contributed by atoms with van der Waals surface area (Å²) in [6.45, 7) is 1.78. The number of benzene rings is 1. The molecule has 1 aromatic carbocycles. The van der Waals surface area contributed by atoms with E-state index in [-0.39, 0.29) is 42.2 Å². The monoisotopic (exact) mass is 381 g/mol. The topological polar surface area (TPSA) is 29.5 Å². The number of ether oxygens (including phenoxy) is 1. The van der Waals surface area contributed by atoms with Gasteiger partial charge in [0.2, 0.25) is 5.91 Å². The molecule has 2 aliphatic rings. The van der Waals surface area contributed by atoms with Crippen LogP contribution in [0.3, 0.4) is 0 Å². The van der Waals surface area contributed by atoms with Crippen molar-refractivity contribution in [2.24, 2.45) is 5.92 Å². The van der Waals surface area contributed by atoms with Crippen LogP contribution < -0.4 is 0 Å². The van der Waals surface area contributed by atoms with E-state index in [0.717, 1.165) is 0 Å². The molecular formula is C17H17F6NO2. The zero-order valence-corrected chi connectivity index (χ0v) is 13.8. The van der Waals surface area contributed by atoms with Crippen LogP contribution in [0.5, 0.6) is 0 Å². The van der Waals surface area contributed by atoms with Crippen molar-refractivity contribution >= 4 is 5.91 Å². The number of hydrogen-bond acceptors (Lipinski definition) is 2. The normalized spacial score (nSPS) is 26.5. The molecule has 3 atom stereocenters. The van der Waals surface area contributed by atoms with Crippen LogP contribution in [0.25, 0.3) is 0 Å². The van der Waals surface area contributed by atoms with E-state index in [2.05, 4.69) is 0 Å². The minimum Gasteiger partial charge on any atom is -0.372 e. The summed E-state index contributed by atoms with van der Waals surface area (Å²) < 4.78 is 82.7. The number of alkyl halides is 6. The molecule has 144 valence electrons. The molecule has 3 unspecified atom stereocenters. The van der Waals surface area contributed by atoms with Gasteiger partial charge in [-0.15, -0.1) is 0 Å². The lowest BCUT2D eigenvalue weighted by molar-refractivity contribution is -0.143. The number of fused-ring (bicyclic) bond motifs is 1. The fourth-order valence-electron chi connectivity index (χ4n) is 3.60. The maximum Gasteiger partial charge on any atom is 0.416 e. The first-order valence-corrected chi connectivity index (χ1v) is 8.15. The summed E-state index contributed by atoms with van der Waals surface area (Å²) >= 11 is 0. The first kappa shape index (κ1) is 19.0. The Bertz CT molecular complexity index is 667. The van der Waals surface area contributed by atoms with Gasteiger partial charge in [-0.2, -0.15) is 26.3 Å². The molecule has 26 heavy (non-hydrogen) atoms. The van der Waals surface area contributed by atoms with Gasteiger partial charge in [0.1, 0.15) is 0 Å². The van der Waals surface area contributed by atoms with Gasteiger partial charge in [-0.3, -0.25) is 4.79 Å². The predicted molar refractivity (Wildman–Crippen MR) is 78.9 cm³/mol. The molecule has 3 rings (SSSR count). The molecule has 2 saturated heterocycles. The smallest absolute Gasteiger partial charge is 0.372 e. The van der Waals surface area contributed by atoms with Crippen LogP contribution in [0.2, 0.25) is 0 Å². The maximum absolute atomic E-state index is 12.9. The molecule has 0 aliphatic carbocycles. The van der Waals surface area contributed by atoms with Gasteiger partial charge in [0, 0.05) is 18.5 Å². The molecule has 1 aromatic rings. The van der Waals surface area contributed by atoms with Crippen molar-refractivity contribution in [2.75, 3.05) is 6.54 Å². The quantitative estimate of drug-likeness (QED) is 0.733. The number of carbonyl (C=O) groups excluding carboxylic acids is 1. The van der Waals surface area contributed by atoms with Crippen LogP contribution in [-0.2, 0) is 28.5 Å². The van der Waals surface area contributed by atoms with Gasteiger partial charge in [-0.1, -0.05) is 6.92 Å². The highest BCUT2D eigenvalue weighted by molar-refractivity contribution is 5.81. The summed E-state index contributed by atoms with van der Waals surface area (Å²) in [6.07, 6.45) is -8.91. The predicted octanol–water partition coefficient (Wildman–Crippen LogP) is 4.25. The molecule has 0 N–H and O–H groups in total. The van der Waals surface area contributed by atoms with Gasteiger partial charge in [-0.05, 0) is 36.6 Å². The van der Waals surface area contributed by atoms with Crippen molar-refractivity contribution in [3.8, 4) is 0 Å². The lowest BCUT2D eigenvalue weighted by atomic mass is 10.0. The van der Waals surface area contributed by atoms with E-state index in [1.165, 1.54) is 0 Å². The maximum atomic E-state index is 12.9. The molecule has 9 heteroatoms. The highest BCUT2D eigenvalue weighted by Crippen LogP contribution is 2.37. The summed E-state index contributed by atoms with van der Waals surface area (Å²) in [5, 5.41) is 0. The Kier molecular flexibility index (Phi) is 4.71. The van der Waals surface area contributed by atoms with E-state index in [1.54, 1.807) is 4.90 Å². The van der Waals surface area contributed by atoms with Crippen molar-refractivity contribution in [3.05, 3.63) is 34.9 Å². The lowest BCUT2D eigenvalue weighted by Gasteiger charge is -2.17. The number of hydrogen-bond donors (Lipinski definition) is 0. The van der Waals surface area contributed by atoms with Gasteiger partial charge in [0.15, 0.2) is 0 Å². The first-order chi connectivity index (χ1) is 11.9. The molecule has 0 spiro atoms. The third-order valence-electron chi connectivity index (χ3n) is 4.84. The zero-order chi connectivity index (χ0) is 19.3. The van der Waals surface area contributed by atoms with E-state index >= 15 is 0 Å². The highest BCUT2D eigenvalue weighted by atomic mass is 19.4. The fourth-order valence-corrected chi connectivity index (χ4v) is 3.60. The number of halogens is 6. The third kappa shape index (κ3) is 3.82. The van der Waals surface area contributed by atoms with Crippen molar-refractivity contribution in [1.29, 1.82) is 0 Å². The SMILES string of the molecule is CC1CC2CC(OCc3cc(C(F)(F)F)cc(C(F)(F)F)c3)CN2C1=O. The van der Waals surface area contributed by atoms with E-state index in [4.69, 9.17) is 4.74 Å². The van der Waals surface area contributed by atoms with Gasteiger partial charge in [-0.25, -0.2) is 0 Å². The van der Waals surface area contributed by atoms with Gasteiger partial charge < -0.3 is 9.64 Å². The Morgan fingerprint density at radius 3 is 2.12 bits per heavy atom. The van der Waals surface area contributed by atoms with Crippen molar-refractivity contribution < 1.29 is 35.9 Å². The van der Waals surface area contributed by atoms with Gasteiger partial charge >= 0.3 is 12.4 Å². The Morgan fingerprint density at radius 1 is 1.04 bits per heavy atom. The van der Waals surface area contributed by atoms with Crippen molar-refractivity contribution in [1.82, 2.24) is 4.90 Å². The van der Waals surface area contributed by atoms with Crippen molar-refractivity contribution in [3.63, 3.8) is 0 Å². The second-order valence-corrected chi connectivity index (χ2v) is 6.86. The minimum atomic E-state index is -4.88. The van der Waals surface area contributed by atoms with E-state index in [1.807, 2.05) is 6.92 Å². The van der Waals surface area contributed by atoms with E-state index in [9.17, 15) is 31.1 Å². The minimum absolute atomic E-state index is 0.0135. The van der Waals surface area contributed by atoms with E-state index in [0.29, 0.717) is 31.5 Å². The number of amides is 1. The number of nitrogens with zero attached hydrogens (tertiary/aromatic N) is 1. The summed E-state index contributed by atoms with van der Waals surface area (Å²) in [7, 11) is 0. The van der Waals surface area contributed by atoms with Crippen LogP contribution in [-0.4, -0.2) is 29.5 Å². The average Bonchev–Trinajstić information content (AvgIpc) is 3.03. The van der Waals surface area contributed by atoms with Crippen LogP contribution in [0.1, 0.15) is 36.5 Å². The zero-order valence-electron chi connectivity index (χ0n) is 13.8. The Hall–Kier alpha value is -1.77. The molecular weight excluding hydrogens is 364 g/mol. The summed E-state index contributed by atoms with van der Waals surface area (Å²) in [4.78, 5) is 13.6. The molecule has 3 nitrogen and oxygen atoms in total. The fraction of sp³-hybridized carbons (Fsp3) is 0.588. The molecule has 2 heterocycles. The van der Waals surface area contributed by atoms with Crippen molar-refractivity contribution in [2.45, 2.75) is 50.9 Å². The second-order valence-electron chi connectivity index (χ2n) is 6.86. The van der Waals surface area contributed by atoms with Crippen LogP contribution in [0.15, 0.2) is 18.2 Å². The first-order valence-electron chi connectivity index (χ1n) is 8.15. The molecule has 1 amide bonds. The summed E-state index contributed by atoms with van der Waals surface area (Å²) in [5.41, 5.74) is -2.91. The van der Waals surface area contributed by atoms with Crippen LogP contribution in [0, 0.1) is 5.92 Å². The Balaban J connectivity index is 1.71. The van der Waals surface area contributed by atoms with Crippen LogP contribution in [0.4, 0.5) is 26.3 Å². The number of rotatable bonds is 3. The molecule has 0 aromatic heterocycles. The molecule has 0 bridgehead atoms. The van der Waals surface area contributed by atoms with Gasteiger partial charge in [0.05, 0.1) is 23.8 Å². The largest absolute Gasteiger partial charge is 0.416 e. The average molecular weight is 381 g/mol. The molecule has 2 aliphatic heterocycles. The Morgan fingerprint density at radius 2 is 1.62 bits per heavy atom. The molecule has 0 saturated carbocycles.